The molecule has 2 spiro atoms. The second kappa shape index (κ2) is 8.23. The summed E-state index contributed by atoms with van der Waals surface area (Å²) in [7, 11) is 0. The summed E-state index contributed by atoms with van der Waals surface area (Å²) >= 11 is 0. The molecular formula is C31H43NO3. The number of aromatic hydroxyl groups is 1. The van der Waals surface area contributed by atoms with Gasteiger partial charge in [0, 0.05) is 24.5 Å². The zero-order chi connectivity index (χ0) is 24.5. The standard InChI is InChI=1S/C31H43NO3/c1-28(2)26-10-13-31(35-28)24-17-21(19-29(20-24)11-3-4-12-29)16-23-8-9-25(34)18-22(23)6-5-7-27(31)30(26,32)14-15-33/h8-9,18,21,24,26-27,33-34H,3-4,6,10-17,19-20,32H2,1-2H3/t21-,24+,26+,27+,30-,31-/m1/s1. The first-order valence-electron chi connectivity index (χ1n) is 14.1. The monoisotopic (exact) mass is 477 g/mol. The topological polar surface area (TPSA) is 75.7 Å². The lowest BCUT2D eigenvalue weighted by atomic mass is 9.47. The molecule has 4 nitrogen and oxygen atoms in total. The molecule has 35 heavy (non-hydrogen) atoms. The average molecular weight is 478 g/mol. The van der Waals surface area contributed by atoms with Crippen LogP contribution in [-0.2, 0) is 17.6 Å². The van der Waals surface area contributed by atoms with Gasteiger partial charge in [0.05, 0.1) is 17.1 Å². The predicted octanol–water partition coefficient (Wildman–Crippen LogP) is 5.12. The number of benzene rings is 1. The van der Waals surface area contributed by atoms with Gasteiger partial charge in [-0.3, -0.25) is 0 Å². The molecule has 1 aromatic rings. The van der Waals surface area contributed by atoms with Crippen LogP contribution in [0.4, 0.5) is 0 Å². The van der Waals surface area contributed by atoms with Gasteiger partial charge in [-0.25, -0.2) is 0 Å². The second-order valence-electron chi connectivity index (χ2n) is 13.3. The van der Waals surface area contributed by atoms with Crippen LogP contribution in [0.3, 0.4) is 0 Å². The quantitative estimate of drug-likeness (QED) is 0.517. The van der Waals surface area contributed by atoms with Gasteiger partial charge >= 0.3 is 0 Å². The van der Waals surface area contributed by atoms with Gasteiger partial charge < -0.3 is 20.7 Å². The maximum Gasteiger partial charge on any atom is 0.115 e. The predicted molar refractivity (Wildman–Crippen MR) is 138 cm³/mol. The zero-order valence-corrected chi connectivity index (χ0v) is 21.6. The Balaban J connectivity index is 1.52. The largest absolute Gasteiger partial charge is 0.508 e. The third kappa shape index (κ3) is 3.68. The van der Waals surface area contributed by atoms with E-state index in [1.54, 1.807) is 0 Å². The van der Waals surface area contributed by atoms with E-state index >= 15 is 0 Å². The van der Waals surface area contributed by atoms with Gasteiger partial charge in [-0.1, -0.05) is 30.7 Å². The molecule has 4 heteroatoms. The molecule has 6 atom stereocenters. The molecule has 7 rings (SSSR count). The molecule has 6 aliphatic rings. The van der Waals surface area contributed by atoms with Crippen molar-refractivity contribution < 1.29 is 14.9 Å². The molecule has 5 fully saturated rings. The SMILES string of the molecule is CC1(C)O[C@@]23CC[C@@H]1[C@](N)(CCO)[C@@H]2C#CCc1cc(O)ccc1C[C@@H]1C[C@H]3CC2(CCCC2)C1. The number of hydrogen-bond donors (Lipinski definition) is 3. The van der Waals surface area contributed by atoms with Crippen molar-refractivity contribution >= 4 is 0 Å². The fourth-order valence-corrected chi connectivity index (χ4v) is 9.78. The van der Waals surface area contributed by atoms with E-state index < -0.39 is 5.54 Å². The minimum Gasteiger partial charge on any atom is -0.508 e. The molecule has 190 valence electrons. The Bertz CT molecular complexity index is 1050. The lowest BCUT2D eigenvalue weighted by Crippen LogP contribution is -2.77. The minimum atomic E-state index is -0.548. The van der Waals surface area contributed by atoms with Crippen LogP contribution in [0.2, 0.25) is 0 Å². The average Bonchev–Trinajstić information content (AvgIpc) is 3.22. The normalized spacial score (nSPS) is 40.8. The van der Waals surface area contributed by atoms with E-state index in [0.717, 1.165) is 31.2 Å². The van der Waals surface area contributed by atoms with Crippen LogP contribution in [-0.4, -0.2) is 33.6 Å². The third-order valence-electron chi connectivity index (χ3n) is 10.9. The number of ether oxygens (including phenoxy) is 1. The second-order valence-corrected chi connectivity index (χ2v) is 13.3. The van der Waals surface area contributed by atoms with Gasteiger partial charge in [0.15, 0.2) is 0 Å². The highest BCUT2D eigenvalue weighted by Crippen LogP contribution is 2.65. The lowest BCUT2D eigenvalue weighted by molar-refractivity contribution is -0.309. The highest BCUT2D eigenvalue weighted by molar-refractivity contribution is 5.39. The molecule has 0 radical (unpaired) electrons. The van der Waals surface area contributed by atoms with Crippen molar-refractivity contribution in [2.45, 2.75) is 108 Å². The smallest absolute Gasteiger partial charge is 0.115 e. The van der Waals surface area contributed by atoms with Crippen molar-refractivity contribution in [1.29, 1.82) is 0 Å². The maximum absolute atomic E-state index is 10.2. The van der Waals surface area contributed by atoms with Crippen LogP contribution in [0, 0.1) is 40.9 Å². The van der Waals surface area contributed by atoms with Crippen LogP contribution in [0.15, 0.2) is 18.2 Å². The Kier molecular flexibility index (Phi) is 5.61. The summed E-state index contributed by atoms with van der Waals surface area (Å²) < 4.78 is 7.26. The Morgan fingerprint density at radius 1 is 1.11 bits per heavy atom. The summed E-state index contributed by atoms with van der Waals surface area (Å²) in [6.07, 6.45) is 13.4. The van der Waals surface area contributed by atoms with E-state index in [2.05, 4.69) is 31.8 Å². The van der Waals surface area contributed by atoms with Gasteiger partial charge in [0.1, 0.15) is 5.75 Å². The van der Waals surface area contributed by atoms with Gasteiger partial charge in [0.2, 0.25) is 0 Å². The highest BCUT2D eigenvalue weighted by Gasteiger charge is 2.69. The molecule has 0 amide bonds. The van der Waals surface area contributed by atoms with Gasteiger partial charge in [-0.15, -0.1) is 0 Å². The van der Waals surface area contributed by atoms with Crippen molar-refractivity contribution in [3.05, 3.63) is 29.3 Å². The van der Waals surface area contributed by atoms with Crippen molar-refractivity contribution in [1.82, 2.24) is 0 Å². The van der Waals surface area contributed by atoms with E-state index in [0.29, 0.717) is 35.8 Å². The molecular weight excluding hydrogens is 434 g/mol. The van der Waals surface area contributed by atoms with Crippen LogP contribution < -0.4 is 5.73 Å². The number of aliphatic hydroxyl groups is 1. The summed E-state index contributed by atoms with van der Waals surface area (Å²) in [5.74, 6) is 8.71. The number of rotatable bonds is 2. The Labute approximate surface area is 211 Å². The fourth-order valence-electron chi connectivity index (χ4n) is 9.78. The Hall–Kier alpha value is -1.54. The highest BCUT2D eigenvalue weighted by atomic mass is 16.5. The van der Waals surface area contributed by atoms with Crippen LogP contribution in [0.5, 0.6) is 5.75 Å². The van der Waals surface area contributed by atoms with Gasteiger partial charge in [-0.05, 0) is 112 Å². The third-order valence-corrected chi connectivity index (χ3v) is 10.9. The molecule has 0 unspecified atom stereocenters. The maximum atomic E-state index is 10.2. The first-order chi connectivity index (χ1) is 16.7. The van der Waals surface area contributed by atoms with Crippen LogP contribution in [0.25, 0.3) is 0 Å². The van der Waals surface area contributed by atoms with Gasteiger partial charge in [0.25, 0.3) is 0 Å². The minimum absolute atomic E-state index is 0.0741. The summed E-state index contributed by atoms with van der Waals surface area (Å²) in [4.78, 5) is 0. The van der Waals surface area contributed by atoms with Crippen LogP contribution >= 0.6 is 0 Å². The van der Waals surface area contributed by atoms with Crippen molar-refractivity contribution in [2.75, 3.05) is 6.61 Å². The van der Waals surface area contributed by atoms with E-state index in [9.17, 15) is 10.2 Å². The number of hydrogen-bond acceptors (Lipinski definition) is 4. The molecule has 4 N–H and O–H groups in total. The zero-order valence-electron chi connectivity index (χ0n) is 21.6. The number of phenolic OH excluding ortho intramolecular Hbond substituents is 1. The van der Waals surface area contributed by atoms with Gasteiger partial charge in [-0.2, -0.15) is 0 Å². The summed E-state index contributed by atoms with van der Waals surface area (Å²) in [5, 5.41) is 20.4. The molecule has 3 saturated carbocycles. The first kappa shape index (κ1) is 23.8. The Morgan fingerprint density at radius 2 is 1.91 bits per heavy atom. The molecule has 4 bridgehead atoms. The van der Waals surface area contributed by atoms with Crippen LogP contribution in [0.1, 0.15) is 89.2 Å². The molecule has 2 saturated heterocycles. The fraction of sp³-hybridized carbons (Fsp3) is 0.742. The lowest BCUT2D eigenvalue weighted by Gasteiger charge is -2.68. The van der Waals surface area contributed by atoms with E-state index in [4.69, 9.17) is 10.5 Å². The number of aliphatic hydroxyl groups excluding tert-OH is 1. The summed E-state index contributed by atoms with van der Waals surface area (Å²) in [6.45, 7) is 4.55. The Morgan fingerprint density at radius 3 is 2.66 bits per heavy atom. The van der Waals surface area contributed by atoms with E-state index in [1.807, 2.05) is 12.1 Å². The van der Waals surface area contributed by atoms with Crippen molar-refractivity contribution in [2.24, 2.45) is 34.8 Å². The molecule has 2 heterocycles. The first-order valence-corrected chi connectivity index (χ1v) is 14.1. The van der Waals surface area contributed by atoms with Crippen molar-refractivity contribution in [3.8, 4) is 17.6 Å². The molecule has 4 aliphatic carbocycles. The van der Waals surface area contributed by atoms with E-state index in [-0.39, 0.29) is 29.6 Å². The molecule has 2 aliphatic heterocycles. The summed E-state index contributed by atoms with van der Waals surface area (Å²) in [6, 6.07) is 5.89. The molecule has 0 aromatic heterocycles. The van der Waals surface area contributed by atoms with Crippen molar-refractivity contribution in [3.63, 3.8) is 0 Å². The number of nitrogens with two attached hydrogens (primary N) is 1. The van der Waals surface area contributed by atoms with E-state index in [1.165, 1.54) is 44.1 Å². The number of phenols is 1. The molecule has 1 aromatic carbocycles. The summed E-state index contributed by atoms with van der Waals surface area (Å²) in [5.41, 5.74) is 9.09. The number of fused-ring (bicyclic) bond motifs is 5.